The Morgan fingerprint density at radius 2 is 1.73 bits per heavy atom. The van der Waals surface area contributed by atoms with Gasteiger partial charge in [-0.25, -0.2) is 4.79 Å². The van der Waals surface area contributed by atoms with E-state index in [0.29, 0.717) is 0 Å². The zero-order valence-electron chi connectivity index (χ0n) is 16.9. The molecule has 2 aliphatic rings. The highest BCUT2D eigenvalue weighted by Gasteiger charge is 2.42. The first-order valence-corrected chi connectivity index (χ1v) is 11.7. The van der Waals surface area contributed by atoms with Crippen molar-refractivity contribution in [1.82, 2.24) is 0 Å². The lowest BCUT2D eigenvalue weighted by atomic mass is 9.69. The molecule has 0 amide bonds. The van der Waals surface area contributed by atoms with Crippen LogP contribution in [0.4, 0.5) is 5.69 Å². The van der Waals surface area contributed by atoms with Gasteiger partial charge in [-0.1, -0.05) is 27.7 Å². The Morgan fingerprint density at radius 3 is 2.38 bits per heavy atom. The van der Waals surface area contributed by atoms with Gasteiger partial charge in [-0.05, 0) is 46.2 Å². The van der Waals surface area contributed by atoms with Gasteiger partial charge in [-0.15, -0.1) is 0 Å². The fourth-order valence-electron chi connectivity index (χ4n) is 4.68. The summed E-state index contributed by atoms with van der Waals surface area (Å²) in [5.74, 6) is 0.935. The Kier molecular flexibility index (Phi) is 4.00. The third-order valence-corrected chi connectivity index (χ3v) is 7.16. The lowest BCUT2D eigenvalue weighted by molar-refractivity contribution is 0.398. The number of hydrogen-bond acceptors (Lipinski definition) is 3. The SMILES string of the molecule is C[S+](C)Cc1cc(=O)oc2c3c4c(cc12)C(C)(C)CCN4CCC3(C)C. The van der Waals surface area contributed by atoms with Gasteiger partial charge in [0.25, 0.3) is 0 Å². The molecule has 0 unspecified atom stereocenters. The van der Waals surface area contributed by atoms with E-state index in [-0.39, 0.29) is 27.4 Å². The van der Waals surface area contributed by atoms with Gasteiger partial charge in [0.15, 0.2) is 0 Å². The van der Waals surface area contributed by atoms with E-state index in [4.69, 9.17) is 4.42 Å². The van der Waals surface area contributed by atoms with Gasteiger partial charge >= 0.3 is 5.63 Å². The molecule has 2 aliphatic heterocycles. The predicted octanol–water partition coefficient (Wildman–Crippen LogP) is 4.34. The van der Waals surface area contributed by atoms with Crippen molar-refractivity contribution in [2.24, 2.45) is 0 Å². The molecule has 140 valence electrons. The molecule has 0 spiro atoms. The van der Waals surface area contributed by atoms with Crippen LogP contribution in [0.3, 0.4) is 0 Å². The van der Waals surface area contributed by atoms with Gasteiger partial charge in [-0.3, -0.25) is 0 Å². The highest BCUT2D eigenvalue weighted by atomic mass is 32.2. The summed E-state index contributed by atoms with van der Waals surface area (Å²) in [6.45, 7) is 11.5. The molecule has 0 saturated carbocycles. The van der Waals surface area contributed by atoms with Crippen molar-refractivity contribution in [2.75, 3.05) is 30.5 Å². The number of benzene rings is 1. The van der Waals surface area contributed by atoms with E-state index in [1.807, 2.05) is 0 Å². The van der Waals surface area contributed by atoms with Gasteiger partial charge < -0.3 is 9.32 Å². The van der Waals surface area contributed by atoms with E-state index < -0.39 is 0 Å². The van der Waals surface area contributed by atoms with Crippen LogP contribution in [0.15, 0.2) is 21.3 Å². The average molecular weight is 373 g/mol. The minimum atomic E-state index is -0.211. The van der Waals surface area contributed by atoms with Crippen molar-refractivity contribution in [2.45, 2.75) is 57.1 Å². The average Bonchev–Trinajstić information content (AvgIpc) is 2.51. The smallest absolute Gasteiger partial charge is 0.336 e. The van der Waals surface area contributed by atoms with Crippen molar-refractivity contribution in [3.63, 3.8) is 0 Å². The molecule has 0 fully saturated rings. The maximum Gasteiger partial charge on any atom is 0.336 e. The molecule has 1 aromatic heterocycles. The number of anilines is 1. The maximum atomic E-state index is 12.4. The highest BCUT2D eigenvalue weighted by molar-refractivity contribution is 7.94. The molecule has 0 bridgehead atoms. The molecule has 3 heterocycles. The molecule has 4 rings (SSSR count). The monoisotopic (exact) mass is 372 g/mol. The lowest BCUT2D eigenvalue weighted by Gasteiger charge is -2.48. The Morgan fingerprint density at radius 1 is 1.08 bits per heavy atom. The van der Waals surface area contributed by atoms with Crippen molar-refractivity contribution in [3.8, 4) is 0 Å². The number of rotatable bonds is 2. The van der Waals surface area contributed by atoms with Crippen LogP contribution >= 0.6 is 0 Å². The summed E-state index contributed by atoms with van der Waals surface area (Å²) in [4.78, 5) is 14.9. The quantitative estimate of drug-likeness (QED) is 0.581. The largest absolute Gasteiger partial charge is 0.422 e. The summed E-state index contributed by atoms with van der Waals surface area (Å²) in [5, 5.41) is 1.16. The van der Waals surface area contributed by atoms with Crippen LogP contribution in [-0.2, 0) is 27.5 Å². The second-order valence-electron chi connectivity index (χ2n) is 9.50. The lowest BCUT2D eigenvalue weighted by Crippen LogP contribution is -2.44. The van der Waals surface area contributed by atoms with Gasteiger partial charge in [-0.2, -0.15) is 0 Å². The maximum absolute atomic E-state index is 12.4. The van der Waals surface area contributed by atoms with E-state index in [1.54, 1.807) is 6.07 Å². The Hall–Kier alpha value is -1.42. The molecule has 4 heteroatoms. The third kappa shape index (κ3) is 2.69. The van der Waals surface area contributed by atoms with Crippen LogP contribution in [0.5, 0.6) is 0 Å². The van der Waals surface area contributed by atoms with Gasteiger partial charge in [0.05, 0.1) is 12.5 Å². The summed E-state index contributed by atoms with van der Waals surface area (Å²) < 4.78 is 5.88. The second kappa shape index (κ2) is 5.79. The second-order valence-corrected chi connectivity index (χ2v) is 11.8. The summed E-state index contributed by atoms with van der Waals surface area (Å²) in [6.07, 6.45) is 6.74. The molecule has 0 saturated heterocycles. The Bertz CT molecular complexity index is 937. The minimum Gasteiger partial charge on any atom is -0.422 e. The predicted molar refractivity (Wildman–Crippen MR) is 113 cm³/mol. The van der Waals surface area contributed by atoms with Crippen LogP contribution in [0.25, 0.3) is 11.0 Å². The standard InChI is InChI=1S/C22H30NO2S/c1-21(2)7-9-23-10-8-22(3,4)18-19(23)16(21)12-15-14(13-26(5)6)11-17(24)25-20(15)18/h11-12H,7-10,13H2,1-6H3/q+1. The van der Waals surface area contributed by atoms with Gasteiger partial charge in [0.1, 0.15) is 11.3 Å². The van der Waals surface area contributed by atoms with Crippen LogP contribution in [0.2, 0.25) is 0 Å². The van der Waals surface area contributed by atoms with E-state index in [1.165, 1.54) is 23.2 Å². The van der Waals surface area contributed by atoms with E-state index in [2.05, 4.69) is 51.2 Å². The molecule has 26 heavy (non-hydrogen) atoms. The third-order valence-electron chi connectivity index (χ3n) is 6.27. The van der Waals surface area contributed by atoms with Crippen molar-refractivity contribution in [3.05, 3.63) is 39.2 Å². The summed E-state index contributed by atoms with van der Waals surface area (Å²) in [6, 6.07) is 4.06. The molecule has 0 atom stereocenters. The molecule has 0 radical (unpaired) electrons. The molecule has 1 aromatic carbocycles. The molecule has 3 nitrogen and oxygen atoms in total. The summed E-state index contributed by atoms with van der Waals surface area (Å²) in [5.41, 5.74) is 5.98. The molecule has 2 aromatic rings. The first-order valence-electron chi connectivity index (χ1n) is 9.54. The first-order chi connectivity index (χ1) is 12.1. The molecule has 0 aliphatic carbocycles. The van der Waals surface area contributed by atoms with E-state index in [0.717, 1.165) is 41.8 Å². The van der Waals surface area contributed by atoms with Crippen molar-refractivity contribution < 1.29 is 4.42 Å². The number of fused-ring (bicyclic) bond motifs is 2. The Labute approximate surface area is 159 Å². The van der Waals surface area contributed by atoms with Crippen LogP contribution in [0.1, 0.15) is 57.2 Å². The van der Waals surface area contributed by atoms with Crippen molar-refractivity contribution >= 4 is 27.6 Å². The van der Waals surface area contributed by atoms with Crippen LogP contribution in [-0.4, -0.2) is 25.6 Å². The number of hydrogen-bond donors (Lipinski definition) is 0. The van der Waals surface area contributed by atoms with Crippen molar-refractivity contribution in [1.29, 1.82) is 0 Å². The normalized spacial score (nSPS) is 20.5. The highest BCUT2D eigenvalue weighted by Crippen LogP contribution is 2.51. The molecular formula is C22H30NO2S+. The molecule has 0 N–H and O–H groups in total. The van der Waals surface area contributed by atoms with Gasteiger partial charge in [0.2, 0.25) is 0 Å². The number of nitrogens with zero attached hydrogens (tertiary/aromatic N) is 1. The summed E-state index contributed by atoms with van der Waals surface area (Å²) >= 11 is 0. The van der Waals surface area contributed by atoms with E-state index in [9.17, 15) is 4.79 Å². The van der Waals surface area contributed by atoms with Crippen LogP contribution < -0.4 is 10.5 Å². The first kappa shape index (κ1) is 18.0. The van der Waals surface area contributed by atoms with Crippen LogP contribution in [0, 0.1) is 0 Å². The summed E-state index contributed by atoms with van der Waals surface area (Å²) in [7, 11) is 0.236. The molecular weight excluding hydrogens is 342 g/mol. The van der Waals surface area contributed by atoms with E-state index >= 15 is 0 Å². The minimum absolute atomic E-state index is 0.0161. The zero-order chi connectivity index (χ0) is 18.9. The Balaban J connectivity index is 2.16. The van der Waals surface area contributed by atoms with Gasteiger partial charge in [0, 0.05) is 41.4 Å². The fourth-order valence-corrected chi connectivity index (χ4v) is 5.54. The topological polar surface area (TPSA) is 33.5 Å². The fraction of sp³-hybridized carbons (Fsp3) is 0.591. The zero-order valence-corrected chi connectivity index (χ0v) is 17.7.